The quantitative estimate of drug-likeness (QED) is 0.869. The Labute approximate surface area is 107 Å². The Kier molecular flexibility index (Phi) is 3.37. The molecular weight excluding hydrogens is 226 g/mol. The maximum absolute atomic E-state index is 5.89. The van der Waals surface area contributed by atoms with Crippen molar-refractivity contribution < 1.29 is 4.74 Å². The Hall–Kier alpha value is -2.23. The highest BCUT2D eigenvalue weighted by molar-refractivity contribution is 5.69. The van der Waals surface area contributed by atoms with Crippen molar-refractivity contribution in [2.75, 3.05) is 18.2 Å². The van der Waals surface area contributed by atoms with Crippen LogP contribution in [0.25, 0.3) is 0 Å². The minimum absolute atomic E-state index is 0.538. The van der Waals surface area contributed by atoms with Gasteiger partial charge in [0.15, 0.2) is 5.82 Å². The zero-order chi connectivity index (χ0) is 13.1. The molecule has 4 nitrogen and oxygen atoms in total. The molecule has 0 aliphatic carbocycles. The lowest BCUT2D eigenvalue weighted by molar-refractivity contribution is 0.398. The molecule has 2 rings (SSSR count). The van der Waals surface area contributed by atoms with Crippen molar-refractivity contribution in [3.63, 3.8) is 0 Å². The van der Waals surface area contributed by atoms with Crippen LogP contribution < -0.4 is 15.8 Å². The van der Waals surface area contributed by atoms with Crippen LogP contribution in [0.15, 0.2) is 30.3 Å². The van der Waals surface area contributed by atoms with Crippen molar-refractivity contribution in [2.45, 2.75) is 13.8 Å². The lowest BCUT2D eigenvalue weighted by Crippen LogP contribution is -2.01. The van der Waals surface area contributed by atoms with Gasteiger partial charge in [0.25, 0.3) is 0 Å². The van der Waals surface area contributed by atoms with E-state index in [0.29, 0.717) is 17.4 Å². The van der Waals surface area contributed by atoms with Crippen molar-refractivity contribution >= 4 is 17.2 Å². The normalized spacial score (nSPS) is 10.2. The molecule has 0 amide bonds. The average molecular weight is 243 g/mol. The summed E-state index contributed by atoms with van der Waals surface area (Å²) in [4.78, 5) is 4.29. The summed E-state index contributed by atoms with van der Waals surface area (Å²) in [6, 6.07) is 9.73. The second-order valence-electron chi connectivity index (χ2n) is 4.29. The highest BCUT2D eigenvalue weighted by Crippen LogP contribution is 2.24. The summed E-state index contributed by atoms with van der Waals surface area (Å²) in [5, 5.41) is 3.21. The van der Waals surface area contributed by atoms with Gasteiger partial charge < -0.3 is 15.8 Å². The van der Waals surface area contributed by atoms with E-state index in [1.807, 2.05) is 12.1 Å². The zero-order valence-corrected chi connectivity index (χ0v) is 10.8. The van der Waals surface area contributed by atoms with Gasteiger partial charge in [-0.25, -0.2) is 0 Å². The number of nitrogens with one attached hydrogen (secondary N) is 1. The molecule has 0 bridgehead atoms. The predicted molar refractivity (Wildman–Crippen MR) is 74.4 cm³/mol. The number of aromatic nitrogens is 1. The molecule has 0 aliphatic heterocycles. The third-order valence-corrected chi connectivity index (χ3v) is 2.59. The summed E-state index contributed by atoms with van der Waals surface area (Å²) in [5.74, 6) is 1.15. The van der Waals surface area contributed by atoms with E-state index in [0.717, 1.165) is 5.69 Å². The van der Waals surface area contributed by atoms with E-state index in [4.69, 9.17) is 10.5 Å². The lowest BCUT2D eigenvalue weighted by Gasteiger charge is -2.11. The predicted octanol–water partition coefficient (Wildman–Crippen LogP) is 3.03. The van der Waals surface area contributed by atoms with Crippen molar-refractivity contribution in [3.05, 3.63) is 41.5 Å². The number of nitrogens with two attached hydrogens (primary N) is 1. The molecule has 0 aliphatic rings. The van der Waals surface area contributed by atoms with Crippen LogP contribution >= 0.6 is 0 Å². The number of hydrogen-bond donors (Lipinski definition) is 2. The fraction of sp³-hybridized carbons (Fsp3) is 0.214. The van der Waals surface area contributed by atoms with Crippen molar-refractivity contribution in [2.24, 2.45) is 0 Å². The molecule has 0 saturated heterocycles. The molecule has 0 radical (unpaired) electrons. The number of nitrogen functional groups attached to an aromatic ring is 1. The van der Waals surface area contributed by atoms with Crippen molar-refractivity contribution in [1.82, 2.24) is 4.98 Å². The Balaban J connectivity index is 2.33. The number of ether oxygens (including phenoxy) is 1. The molecule has 1 aromatic carbocycles. The summed E-state index contributed by atoms with van der Waals surface area (Å²) < 4.78 is 5.09. The molecule has 0 atom stereocenters. The maximum atomic E-state index is 5.89. The molecule has 0 fully saturated rings. The highest BCUT2D eigenvalue weighted by Gasteiger charge is 2.04. The van der Waals surface area contributed by atoms with Gasteiger partial charge in [-0.05, 0) is 43.2 Å². The smallest absolute Gasteiger partial charge is 0.215 e. The number of anilines is 3. The van der Waals surface area contributed by atoms with Gasteiger partial charge in [-0.1, -0.05) is 6.07 Å². The molecule has 94 valence electrons. The number of aryl methyl sites for hydroxylation is 2. The average Bonchev–Trinajstić information content (AvgIpc) is 2.30. The largest absolute Gasteiger partial charge is 0.481 e. The highest BCUT2D eigenvalue weighted by atomic mass is 16.5. The standard InChI is InChI=1S/C14H17N3O/c1-9-6-10(2)8-11(7-9)16-14-12(15)4-5-13(17-14)18-3/h4-8H,15H2,1-3H3,(H,16,17). The van der Waals surface area contributed by atoms with Gasteiger partial charge in [-0.3, -0.25) is 0 Å². The van der Waals surface area contributed by atoms with E-state index >= 15 is 0 Å². The van der Waals surface area contributed by atoms with Gasteiger partial charge in [0.05, 0.1) is 12.8 Å². The number of pyridine rings is 1. The monoisotopic (exact) mass is 243 g/mol. The molecule has 0 saturated carbocycles. The lowest BCUT2D eigenvalue weighted by atomic mass is 10.1. The second-order valence-corrected chi connectivity index (χ2v) is 4.29. The van der Waals surface area contributed by atoms with Gasteiger partial charge in [0.2, 0.25) is 5.88 Å². The second kappa shape index (κ2) is 4.96. The van der Waals surface area contributed by atoms with E-state index in [1.54, 1.807) is 19.2 Å². The van der Waals surface area contributed by atoms with Crippen LogP contribution in [0.5, 0.6) is 5.88 Å². The zero-order valence-electron chi connectivity index (χ0n) is 10.8. The SMILES string of the molecule is COc1ccc(N)c(Nc2cc(C)cc(C)c2)n1. The molecule has 0 unspecified atom stereocenters. The van der Waals surface area contributed by atoms with E-state index in [9.17, 15) is 0 Å². The van der Waals surface area contributed by atoms with E-state index in [1.165, 1.54) is 11.1 Å². The van der Waals surface area contributed by atoms with Crippen LogP contribution in [0.2, 0.25) is 0 Å². The van der Waals surface area contributed by atoms with Crippen molar-refractivity contribution in [3.8, 4) is 5.88 Å². The third-order valence-electron chi connectivity index (χ3n) is 2.59. The van der Waals surface area contributed by atoms with Crippen LogP contribution in [0, 0.1) is 13.8 Å². The first kappa shape index (κ1) is 12.2. The number of benzene rings is 1. The third kappa shape index (κ3) is 2.71. The molecular formula is C14H17N3O. The summed E-state index contributed by atoms with van der Waals surface area (Å²) in [6.07, 6.45) is 0. The summed E-state index contributed by atoms with van der Waals surface area (Å²) in [5.41, 5.74) is 9.84. The minimum Gasteiger partial charge on any atom is -0.481 e. The Morgan fingerprint density at radius 2 is 1.78 bits per heavy atom. The molecule has 2 aromatic rings. The van der Waals surface area contributed by atoms with Crippen LogP contribution in [0.3, 0.4) is 0 Å². The topological polar surface area (TPSA) is 60.2 Å². The molecule has 3 N–H and O–H groups in total. The van der Waals surface area contributed by atoms with Crippen LogP contribution in [0.1, 0.15) is 11.1 Å². The van der Waals surface area contributed by atoms with Gasteiger partial charge in [-0.15, -0.1) is 0 Å². The Morgan fingerprint density at radius 1 is 1.11 bits per heavy atom. The van der Waals surface area contributed by atoms with Gasteiger partial charge in [0.1, 0.15) is 0 Å². The van der Waals surface area contributed by atoms with Crippen LogP contribution in [-0.2, 0) is 0 Å². The first-order valence-electron chi connectivity index (χ1n) is 5.74. The van der Waals surface area contributed by atoms with Gasteiger partial charge in [-0.2, -0.15) is 4.98 Å². The number of hydrogen-bond acceptors (Lipinski definition) is 4. The number of rotatable bonds is 3. The minimum atomic E-state index is 0.538. The maximum Gasteiger partial charge on any atom is 0.215 e. The van der Waals surface area contributed by atoms with Crippen LogP contribution in [-0.4, -0.2) is 12.1 Å². The number of methoxy groups -OCH3 is 1. The fourth-order valence-corrected chi connectivity index (χ4v) is 1.85. The molecule has 18 heavy (non-hydrogen) atoms. The van der Waals surface area contributed by atoms with Crippen LogP contribution in [0.4, 0.5) is 17.2 Å². The fourth-order valence-electron chi connectivity index (χ4n) is 1.85. The molecule has 1 heterocycles. The summed E-state index contributed by atoms with van der Waals surface area (Å²) >= 11 is 0. The molecule has 0 spiro atoms. The molecule has 1 aromatic heterocycles. The Morgan fingerprint density at radius 3 is 2.39 bits per heavy atom. The van der Waals surface area contributed by atoms with Crippen molar-refractivity contribution in [1.29, 1.82) is 0 Å². The Bertz CT molecular complexity index is 547. The van der Waals surface area contributed by atoms with E-state index in [-0.39, 0.29) is 0 Å². The first-order chi connectivity index (χ1) is 8.58. The first-order valence-corrected chi connectivity index (χ1v) is 5.74. The van der Waals surface area contributed by atoms with E-state index < -0.39 is 0 Å². The summed E-state index contributed by atoms with van der Waals surface area (Å²) in [6.45, 7) is 4.11. The van der Waals surface area contributed by atoms with Gasteiger partial charge >= 0.3 is 0 Å². The molecule has 4 heteroatoms. The van der Waals surface area contributed by atoms with E-state index in [2.05, 4.69) is 30.2 Å². The number of nitrogens with zero attached hydrogens (tertiary/aromatic N) is 1. The van der Waals surface area contributed by atoms with Gasteiger partial charge in [0, 0.05) is 11.8 Å². The summed E-state index contributed by atoms with van der Waals surface area (Å²) in [7, 11) is 1.58.